The third kappa shape index (κ3) is 2.13. The fourth-order valence-electron chi connectivity index (χ4n) is 1.03. The molecule has 0 saturated carbocycles. The minimum atomic E-state index is -3.58. The number of aromatic nitrogens is 3. The molecule has 15 heavy (non-hydrogen) atoms. The molecule has 2 rings (SSSR count). The molecule has 0 aliphatic carbocycles. The van der Waals surface area contributed by atoms with Gasteiger partial charge in [-0.2, -0.15) is 13.5 Å². The Labute approximate surface area is 86.4 Å². The summed E-state index contributed by atoms with van der Waals surface area (Å²) in [6.07, 6.45) is 4.36. The highest BCUT2D eigenvalue weighted by Gasteiger charge is 2.14. The van der Waals surface area contributed by atoms with Crippen molar-refractivity contribution >= 4 is 15.7 Å². The predicted octanol–water partition coefficient (Wildman–Crippen LogP) is 0.605. The summed E-state index contributed by atoms with van der Waals surface area (Å²) in [5.41, 5.74) is 0.409. The number of pyridine rings is 1. The fraction of sp³-hybridized carbons (Fsp3) is 0. The van der Waals surface area contributed by atoms with E-state index in [2.05, 4.69) is 19.9 Å². The molecule has 0 amide bonds. The molecule has 2 aromatic heterocycles. The average Bonchev–Trinajstić information content (AvgIpc) is 2.71. The van der Waals surface area contributed by atoms with Crippen LogP contribution in [-0.2, 0) is 10.0 Å². The molecule has 0 unspecified atom stereocenters. The molecule has 0 bridgehead atoms. The number of nitrogens with zero attached hydrogens (tertiary/aromatic N) is 2. The molecule has 7 heteroatoms. The van der Waals surface area contributed by atoms with Crippen molar-refractivity contribution in [1.82, 2.24) is 15.2 Å². The summed E-state index contributed by atoms with van der Waals surface area (Å²) in [5.74, 6) is 0. The Hall–Kier alpha value is -1.89. The van der Waals surface area contributed by atoms with Gasteiger partial charge in [0, 0.05) is 6.20 Å². The van der Waals surface area contributed by atoms with E-state index in [1.807, 2.05) is 0 Å². The lowest BCUT2D eigenvalue weighted by molar-refractivity contribution is 0.597. The van der Waals surface area contributed by atoms with E-state index in [9.17, 15) is 8.42 Å². The number of rotatable bonds is 3. The number of sulfonamides is 1. The highest BCUT2D eigenvalue weighted by molar-refractivity contribution is 7.92. The van der Waals surface area contributed by atoms with Gasteiger partial charge >= 0.3 is 0 Å². The highest BCUT2D eigenvalue weighted by Crippen LogP contribution is 2.11. The second kappa shape index (κ2) is 3.70. The first-order valence-electron chi connectivity index (χ1n) is 4.11. The van der Waals surface area contributed by atoms with Crippen LogP contribution in [-0.4, -0.2) is 23.6 Å². The van der Waals surface area contributed by atoms with Crippen LogP contribution in [0.15, 0.2) is 41.8 Å². The molecule has 0 fully saturated rings. The van der Waals surface area contributed by atoms with Crippen LogP contribution in [0.1, 0.15) is 0 Å². The molecule has 78 valence electrons. The molecule has 6 nitrogen and oxygen atoms in total. The molecule has 0 aliphatic rings. The Bertz CT molecular complexity index is 521. The van der Waals surface area contributed by atoms with Gasteiger partial charge in [-0.05, 0) is 18.2 Å². The third-order valence-corrected chi connectivity index (χ3v) is 2.99. The zero-order valence-corrected chi connectivity index (χ0v) is 8.40. The van der Waals surface area contributed by atoms with Crippen LogP contribution < -0.4 is 4.72 Å². The van der Waals surface area contributed by atoms with Gasteiger partial charge in [0.1, 0.15) is 0 Å². The van der Waals surface area contributed by atoms with Crippen LogP contribution >= 0.6 is 0 Å². The number of hydrogen-bond acceptors (Lipinski definition) is 4. The minimum absolute atomic E-state index is 0.0198. The maximum Gasteiger partial charge on any atom is 0.278 e. The van der Waals surface area contributed by atoms with Gasteiger partial charge in [0.25, 0.3) is 10.0 Å². The van der Waals surface area contributed by atoms with E-state index in [1.54, 1.807) is 18.3 Å². The van der Waals surface area contributed by atoms with Gasteiger partial charge < -0.3 is 0 Å². The zero-order chi connectivity index (χ0) is 10.7. The molecule has 0 aromatic carbocycles. The standard InChI is InChI=1S/C8H8N4O2S/c13-15(14,8-3-5-10-11-8)12-7-2-1-4-9-6-7/h1-6,12H,(H,10,11). The van der Waals surface area contributed by atoms with E-state index in [0.29, 0.717) is 5.69 Å². The van der Waals surface area contributed by atoms with E-state index in [0.717, 1.165) is 0 Å². The molecule has 0 saturated heterocycles. The van der Waals surface area contributed by atoms with Crippen molar-refractivity contribution in [2.24, 2.45) is 0 Å². The Morgan fingerprint density at radius 3 is 2.73 bits per heavy atom. The van der Waals surface area contributed by atoms with Gasteiger partial charge in [0.05, 0.1) is 18.1 Å². The van der Waals surface area contributed by atoms with Gasteiger partial charge in [-0.15, -0.1) is 0 Å². The molecule has 2 aromatic rings. The van der Waals surface area contributed by atoms with Crippen molar-refractivity contribution in [3.05, 3.63) is 36.8 Å². The van der Waals surface area contributed by atoms with Gasteiger partial charge in [0.2, 0.25) is 0 Å². The van der Waals surface area contributed by atoms with Gasteiger partial charge in [-0.1, -0.05) is 0 Å². The van der Waals surface area contributed by atoms with Crippen LogP contribution in [0, 0.1) is 0 Å². The number of nitrogens with one attached hydrogen (secondary N) is 2. The van der Waals surface area contributed by atoms with Crippen molar-refractivity contribution in [1.29, 1.82) is 0 Å². The van der Waals surface area contributed by atoms with Crippen molar-refractivity contribution in [2.75, 3.05) is 4.72 Å². The summed E-state index contributed by atoms with van der Waals surface area (Å²) >= 11 is 0. The summed E-state index contributed by atoms with van der Waals surface area (Å²) in [5, 5.41) is 5.97. The normalized spacial score (nSPS) is 11.2. The molecule has 0 radical (unpaired) electrons. The molecule has 0 spiro atoms. The molecule has 2 heterocycles. The smallest absolute Gasteiger partial charge is 0.277 e. The van der Waals surface area contributed by atoms with Crippen LogP contribution in [0.5, 0.6) is 0 Å². The first kappa shape index (κ1) is 9.66. The predicted molar refractivity (Wildman–Crippen MR) is 53.6 cm³/mol. The van der Waals surface area contributed by atoms with Gasteiger partial charge in [0.15, 0.2) is 5.03 Å². The number of hydrogen-bond donors (Lipinski definition) is 2. The molecule has 0 aliphatic heterocycles. The lowest BCUT2D eigenvalue weighted by Crippen LogP contribution is -2.13. The molecule has 2 N–H and O–H groups in total. The van der Waals surface area contributed by atoms with Crippen LogP contribution in [0.3, 0.4) is 0 Å². The largest absolute Gasteiger partial charge is 0.278 e. The van der Waals surface area contributed by atoms with Crippen LogP contribution in [0.2, 0.25) is 0 Å². The maximum absolute atomic E-state index is 11.7. The minimum Gasteiger partial charge on any atom is -0.277 e. The van der Waals surface area contributed by atoms with E-state index >= 15 is 0 Å². The topological polar surface area (TPSA) is 87.7 Å². The van der Waals surface area contributed by atoms with Crippen LogP contribution in [0.25, 0.3) is 0 Å². The van der Waals surface area contributed by atoms with E-state index in [-0.39, 0.29) is 5.03 Å². The van der Waals surface area contributed by atoms with Crippen LogP contribution in [0.4, 0.5) is 5.69 Å². The van der Waals surface area contributed by atoms with E-state index in [4.69, 9.17) is 0 Å². The van der Waals surface area contributed by atoms with Crippen molar-refractivity contribution in [3.8, 4) is 0 Å². The maximum atomic E-state index is 11.7. The summed E-state index contributed by atoms with van der Waals surface area (Å²) in [6, 6.07) is 4.63. The number of aromatic amines is 1. The Morgan fingerprint density at radius 2 is 2.13 bits per heavy atom. The quantitative estimate of drug-likeness (QED) is 0.799. The molecule has 0 atom stereocenters. The van der Waals surface area contributed by atoms with Crippen molar-refractivity contribution in [3.63, 3.8) is 0 Å². The first-order chi connectivity index (χ1) is 7.18. The highest BCUT2D eigenvalue weighted by atomic mass is 32.2. The summed E-state index contributed by atoms with van der Waals surface area (Å²) in [4.78, 5) is 3.80. The number of H-pyrrole nitrogens is 1. The van der Waals surface area contributed by atoms with Gasteiger partial charge in [-0.3, -0.25) is 14.8 Å². The Kier molecular flexibility index (Phi) is 2.38. The van der Waals surface area contributed by atoms with Gasteiger partial charge in [-0.25, -0.2) is 0 Å². The lowest BCUT2D eigenvalue weighted by Gasteiger charge is -2.04. The third-order valence-electron chi connectivity index (χ3n) is 1.68. The Balaban J connectivity index is 2.27. The number of anilines is 1. The summed E-state index contributed by atoms with van der Waals surface area (Å²) in [7, 11) is -3.58. The monoisotopic (exact) mass is 224 g/mol. The summed E-state index contributed by atoms with van der Waals surface area (Å²) in [6.45, 7) is 0. The van der Waals surface area contributed by atoms with Crippen molar-refractivity contribution < 1.29 is 8.42 Å². The fourth-order valence-corrected chi connectivity index (χ4v) is 1.98. The first-order valence-corrected chi connectivity index (χ1v) is 5.59. The lowest BCUT2D eigenvalue weighted by atomic mass is 10.4. The second-order valence-corrected chi connectivity index (χ2v) is 4.42. The SMILES string of the molecule is O=S(=O)(Nc1cccnc1)c1ccn[nH]1. The second-order valence-electron chi connectivity index (χ2n) is 2.77. The van der Waals surface area contributed by atoms with E-state index < -0.39 is 10.0 Å². The average molecular weight is 224 g/mol. The Morgan fingerprint density at radius 1 is 1.27 bits per heavy atom. The summed E-state index contributed by atoms with van der Waals surface area (Å²) < 4.78 is 25.7. The molecular formula is C8H8N4O2S. The van der Waals surface area contributed by atoms with Crippen molar-refractivity contribution in [2.45, 2.75) is 5.03 Å². The van der Waals surface area contributed by atoms with E-state index in [1.165, 1.54) is 18.5 Å². The zero-order valence-electron chi connectivity index (χ0n) is 7.58. The molecular weight excluding hydrogens is 216 g/mol.